The molecule has 1 rings (SSSR count). The first-order valence-electron chi connectivity index (χ1n) is 5.94. The average molecular weight is 250 g/mol. The first-order valence-corrected chi connectivity index (χ1v) is 5.94. The Morgan fingerprint density at radius 3 is 2.33 bits per heavy atom. The van der Waals surface area contributed by atoms with Crippen molar-refractivity contribution >= 4 is 11.9 Å². The fourth-order valence-corrected chi connectivity index (χ4v) is 1.41. The van der Waals surface area contributed by atoms with Gasteiger partial charge in [0.1, 0.15) is 12.7 Å². The van der Waals surface area contributed by atoms with Crippen molar-refractivity contribution in [2.24, 2.45) is 0 Å². The molecule has 1 aromatic rings. The molecule has 1 aromatic carbocycles. The Hall–Kier alpha value is -1.84. The normalized spacial score (nSPS) is 11.7. The first kappa shape index (κ1) is 14.2. The number of carbonyl (C=O) groups is 2. The lowest BCUT2D eigenvalue weighted by Gasteiger charge is -2.15. The zero-order valence-electron chi connectivity index (χ0n) is 10.9. The van der Waals surface area contributed by atoms with Crippen molar-refractivity contribution in [3.63, 3.8) is 0 Å². The minimum Gasteiger partial charge on any atom is -0.459 e. The molecule has 98 valence electrons. The molecule has 0 saturated carbocycles. The van der Waals surface area contributed by atoms with Crippen molar-refractivity contribution in [1.82, 2.24) is 0 Å². The molecular formula is C14H18O4. The third-order valence-electron chi connectivity index (χ3n) is 2.48. The molecule has 1 atom stereocenters. The number of ether oxygens (including phenoxy) is 2. The second-order valence-corrected chi connectivity index (χ2v) is 4.10. The number of hydrogen-bond donors (Lipinski definition) is 0. The van der Waals surface area contributed by atoms with Crippen molar-refractivity contribution in [1.29, 1.82) is 0 Å². The third kappa shape index (κ3) is 4.57. The number of hydrogen-bond acceptors (Lipinski definition) is 4. The Morgan fingerprint density at radius 1 is 1.22 bits per heavy atom. The second-order valence-electron chi connectivity index (χ2n) is 4.10. The Morgan fingerprint density at radius 2 is 1.83 bits per heavy atom. The van der Waals surface area contributed by atoms with Crippen molar-refractivity contribution in [2.45, 2.75) is 33.3 Å². The van der Waals surface area contributed by atoms with Gasteiger partial charge in [-0.2, -0.15) is 0 Å². The summed E-state index contributed by atoms with van der Waals surface area (Å²) in [6.07, 6.45) is 0.234. The Balaban J connectivity index is 2.49. The van der Waals surface area contributed by atoms with E-state index in [1.165, 1.54) is 6.92 Å². The summed E-state index contributed by atoms with van der Waals surface area (Å²) in [5.41, 5.74) is 1.58. The number of carbonyl (C=O) groups excluding carboxylic acids is 2. The quantitative estimate of drug-likeness (QED) is 0.753. The molecule has 0 radical (unpaired) electrons. The predicted molar refractivity (Wildman–Crippen MR) is 67.3 cm³/mol. The Kier molecular flexibility index (Phi) is 5.36. The average Bonchev–Trinajstić information content (AvgIpc) is 2.34. The van der Waals surface area contributed by atoms with E-state index in [4.69, 9.17) is 9.47 Å². The van der Waals surface area contributed by atoms with Crippen LogP contribution in [0.15, 0.2) is 24.3 Å². The summed E-state index contributed by atoms with van der Waals surface area (Å²) in [6.45, 7) is 5.24. The lowest BCUT2D eigenvalue weighted by molar-refractivity contribution is -0.148. The van der Waals surface area contributed by atoms with E-state index >= 15 is 0 Å². The molecule has 0 aliphatic rings. The molecular weight excluding hydrogens is 232 g/mol. The lowest BCUT2D eigenvalue weighted by atomic mass is 10.1. The fourth-order valence-electron chi connectivity index (χ4n) is 1.41. The van der Waals surface area contributed by atoms with Crippen LogP contribution in [0, 0.1) is 6.92 Å². The maximum Gasteiger partial charge on any atom is 0.338 e. The number of aryl methyl sites for hydroxylation is 1. The van der Waals surface area contributed by atoms with Crippen molar-refractivity contribution in [3.8, 4) is 0 Å². The highest BCUT2D eigenvalue weighted by Crippen LogP contribution is 2.07. The van der Waals surface area contributed by atoms with Gasteiger partial charge < -0.3 is 9.47 Å². The molecule has 0 fully saturated rings. The van der Waals surface area contributed by atoms with Crippen molar-refractivity contribution in [2.75, 3.05) is 6.61 Å². The molecule has 1 unspecified atom stereocenters. The molecule has 0 heterocycles. The van der Waals surface area contributed by atoms with E-state index in [1.54, 1.807) is 12.1 Å². The topological polar surface area (TPSA) is 52.6 Å². The SMILES string of the molecule is CCC(COC(=O)c1ccc(C)cc1)OC(C)=O. The van der Waals surface area contributed by atoms with Crippen LogP contribution >= 0.6 is 0 Å². The van der Waals surface area contributed by atoms with Gasteiger partial charge >= 0.3 is 11.9 Å². The highest BCUT2D eigenvalue weighted by atomic mass is 16.6. The summed E-state index contributed by atoms with van der Waals surface area (Å²) in [5.74, 6) is -0.770. The van der Waals surface area contributed by atoms with Crippen LogP contribution in [0.25, 0.3) is 0 Å². The second kappa shape index (κ2) is 6.79. The minimum atomic E-state index is -0.402. The molecule has 0 saturated heterocycles. The molecule has 0 spiro atoms. The van der Waals surface area contributed by atoms with Crippen LogP contribution in [0.3, 0.4) is 0 Å². The third-order valence-corrected chi connectivity index (χ3v) is 2.48. The zero-order chi connectivity index (χ0) is 13.5. The van der Waals surface area contributed by atoms with Crippen molar-refractivity contribution < 1.29 is 19.1 Å². The summed E-state index contributed by atoms with van der Waals surface area (Å²) in [4.78, 5) is 22.5. The molecule has 4 heteroatoms. The van der Waals surface area contributed by atoms with Gasteiger partial charge in [0.2, 0.25) is 0 Å². The maximum absolute atomic E-state index is 11.7. The number of rotatable bonds is 5. The predicted octanol–water partition coefficient (Wildman–Crippen LogP) is 2.49. The molecule has 4 nitrogen and oxygen atoms in total. The van der Waals surface area contributed by atoms with E-state index in [0.29, 0.717) is 12.0 Å². The van der Waals surface area contributed by atoms with Crippen LogP contribution < -0.4 is 0 Å². The van der Waals surface area contributed by atoms with Gasteiger partial charge in [0.25, 0.3) is 0 Å². The van der Waals surface area contributed by atoms with Crippen LogP contribution in [0.5, 0.6) is 0 Å². The van der Waals surface area contributed by atoms with Crippen LogP contribution in [-0.4, -0.2) is 24.6 Å². The number of esters is 2. The van der Waals surface area contributed by atoms with E-state index in [0.717, 1.165) is 5.56 Å². The van der Waals surface area contributed by atoms with Gasteiger partial charge in [-0.25, -0.2) is 4.79 Å². The van der Waals surface area contributed by atoms with Gasteiger partial charge in [-0.05, 0) is 25.5 Å². The Bertz CT molecular complexity index is 408. The van der Waals surface area contributed by atoms with Crippen LogP contribution in [-0.2, 0) is 14.3 Å². The molecule has 0 aliphatic carbocycles. The van der Waals surface area contributed by atoms with Gasteiger partial charge in [0.15, 0.2) is 0 Å². The van der Waals surface area contributed by atoms with Crippen LogP contribution in [0.2, 0.25) is 0 Å². The molecule has 0 N–H and O–H groups in total. The standard InChI is InChI=1S/C14H18O4/c1-4-13(18-11(3)15)9-17-14(16)12-7-5-10(2)6-8-12/h5-8,13H,4,9H2,1-3H3. The molecule has 0 amide bonds. The zero-order valence-corrected chi connectivity index (χ0v) is 10.9. The molecule has 0 aliphatic heterocycles. The smallest absolute Gasteiger partial charge is 0.338 e. The Labute approximate surface area is 107 Å². The minimum absolute atomic E-state index is 0.0861. The molecule has 0 aromatic heterocycles. The first-order chi connectivity index (χ1) is 8.52. The summed E-state index contributed by atoms with van der Waals surface area (Å²) in [5, 5.41) is 0. The summed E-state index contributed by atoms with van der Waals surface area (Å²) in [6, 6.07) is 7.12. The van der Waals surface area contributed by atoms with Gasteiger partial charge in [-0.15, -0.1) is 0 Å². The van der Waals surface area contributed by atoms with E-state index in [1.807, 2.05) is 26.0 Å². The molecule has 0 bridgehead atoms. The van der Waals surface area contributed by atoms with E-state index < -0.39 is 5.97 Å². The largest absolute Gasteiger partial charge is 0.459 e. The van der Waals surface area contributed by atoms with Gasteiger partial charge in [0.05, 0.1) is 5.56 Å². The van der Waals surface area contributed by atoms with Gasteiger partial charge in [-0.1, -0.05) is 24.6 Å². The maximum atomic E-state index is 11.7. The summed E-state index contributed by atoms with van der Waals surface area (Å²) >= 11 is 0. The van der Waals surface area contributed by atoms with Crippen LogP contribution in [0.1, 0.15) is 36.2 Å². The van der Waals surface area contributed by atoms with E-state index in [9.17, 15) is 9.59 Å². The number of benzene rings is 1. The van der Waals surface area contributed by atoms with E-state index in [-0.39, 0.29) is 18.7 Å². The van der Waals surface area contributed by atoms with Crippen molar-refractivity contribution in [3.05, 3.63) is 35.4 Å². The highest BCUT2D eigenvalue weighted by Gasteiger charge is 2.13. The monoisotopic (exact) mass is 250 g/mol. The van der Waals surface area contributed by atoms with Crippen LogP contribution in [0.4, 0.5) is 0 Å². The van der Waals surface area contributed by atoms with E-state index in [2.05, 4.69) is 0 Å². The van der Waals surface area contributed by atoms with Gasteiger partial charge in [0, 0.05) is 6.92 Å². The van der Waals surface area contributed by atoms with Gasteiger partial charge in [-0.3, -0.25) is 4.79 Å². The highest BCUT2D eigenvalue weighted by molar-refractivity contribution is 5.89. The lowest BCUT2D eigenvalue weighted by Crippen LogP contribution is -2.23. The fraction of sp³-hybridized carbons (Fsp3) is 0.429. The summed E-state index contributed by atoms with van der Waals surface area (Å²) in [7, 11) is 0. The summed E-state index contributed by atoms with van der Waals surface area (Å²) < 4.78 is 10.1. The molecule has 18 heavy (non-hydrogen) atoms.